The Morgan fingerprint density at radius 1 is 0.929 bits per heavy atom. The summed E-state index contributed by atoms with van der Waals surface area (Å²) >= 11 is 0. The highest BCUT2D eigenvalue weighted by Crippen LogP contribution is 2.30. The second-order valence-electron chi connectivity index (χ2n) is 2.62. The van der Waals surface area contributed by atoms with E-state index in [0.29, 0.717) is 0 Å². The Labute approximate surface area is 77.4 Å². The molecule has 0 heterocycles. The van der Waals surface area contributed by atoms with Gasteiger partial charge in [-0.3, -0.25) is 20.2 Å². The molecular weight excluding hydrogens is 192 g/mol. The Kier molecular flexibility index (Phi) is 2.40. The van der Waals surface area contributed by atoms with Gasteiger partial charge >= 0.3 is 11.4 Å². The first-order valence-electron chi connectivity index (χ1n) is 3.54. The largest absolute Gasteiger partial charge is 0.336 e. The van der Waals surface area contributed by atoms with Crippen LogP contribution in [0, 0.1) is 20.2 Å². The van der Waals surface area contributed by atoms with E-state index in [1.54, 1.807) is 0 Å². The van der Waals surface area contributed by atoms with Crippen LogP contribution in [0.4, 0.5) is 22.7 Å². The molecule has 74 valence electrons. The zero-order valence-electron chi connectivity index (χ0n) is 7.10. The number of hydrogen-bond donors (Lipinski definition) is 2. The smallest absolute Gasteiger partial charge is 0.319 e. The van der Waals surface area contributed by atoms with E-state index in [4.69, 9.17) is 0 Å². The number of quaternary nitrogens is 2. The van der Waals surface area contributed by atoms with E-state index in [0.717, 1.165) is 6.07 Å². The molecule has 0 bridgehead atoms. The van der Waals surface area contributed by atoms with Gasteiger partial charge in [0.2, 0.25) is 11.4 Å². The average molecular weight is 200 g/mol. The predicted molar refractivity (Wildman–Crippen MR) is 44.8 cm³/mol. The molecule has 6 N–H and O–H groups in total. The number of rotatable bonds is 2. The molecule has 1 rings (SSSR count). The average Bonchev–Trinajstić information content (AvgIpc) is 2.02. The predicted octanol–water partition coefficient (Wildman–Crippen LogP) is -0.750. The SMILES string of the molecule is [NH3+]c1cc([NH3+])c([N+](=O)[O-])cc1[N+](=O)[O-]. The summed E-state index contributed by atoms with van der Waals surface area (Å²) in [6.07, 6.45) is 0. The maximum absolute atomic E-state index is 10.4. The van der Waals surface area contributed by atoms with Crippen LogP contribution >= 0.6 is 0 Å². The Morgan fingerprint density at radius 2 is 1.29 bits per heavy atom. The van der Waals surface area contributed by atoms with Crippen LogP contribution in [0.5, 0.6) is 0 Å². The van der Waals surface area contributed by atoms with E-state index in [9.17, 15) is 20.2 Å². The molecule has 14 heavy (non-hydrogen) atoms. The minimum atomic E-state index is -0.714. The summed E-state index contributed by atoms with van der Waals surface area (Å²) in [6.45, 7) is 0. The topological polar surface area (TPSA) is 142 Å². The number of nitro groups is 2. The lowest BCUT2D eigenvalue weighted by Gasteiger charge is -1.95. The second-order valence-corrected chi connectivity index (χ2v) is 2.62. The Balaban J connectivity index is 3.42. The Hall–Kier alpha value is -2.06. The number of nitrogens with zero attached hydrogens (tertiary/aromatic N) is 2. The van der Waals surface area contributed by atoms with Gasteiger partial charge in [0, 0.05) is 0 Å². The van der Waals surface area contributed by atoms with Crippen molar-refractivity contribution in [2.24, 2.45) is 0 Å². The van der Waals surface area contributed by atoms with Crippen molar-refractivity contribution in [3.05, 3.63) is 32.4 Å². The van der Waals surface area contributed by atoms with Crippen LogP contribution in [0.1, 0.15) is 0 Å². The van der Waals surface area contributed by atoms with Crippen LogP contribution in [-0.2, 0) is 0 Å². The third kappa shape index (κ3) is 1.65. The lowest BCUT2D eigenvalue weighted by atomic mass is 10.2. The van der Waals surface area contributed by atoms with Crippen LogP contribution < -0.4 is 11.5 Å². The summed E-state index contributed by atoms with van der Waals surface area (Å²) in [5, 5.41) is 20.9. The zero-order chi connectivity index (χ0) is 10.9. The van der Waals surface area contributed by atoms with Gasteiger partial charge in [0.15, 0.2) is 0 Å². The third-order valence-electron chi connectivity index (χ3n) is 1.67. The molecule has 0 aliphatic rings. The first-order valence-corrected chi connectivity index (χ1v) is 3.54. The van der Waals surface area contributed by atoms with Crippen molar-refractivity contribution in [3.8, 4) is 0 Å². The normalized spacial score (nSPS) is 9.86. The molecule has 1 aromatic carbocycles. The molecule has 0 radical (unpaired) electrons. The van der Waals surface area contributed by atoms with E-state index >= 15 is 0 Å². The summed E-state index contributed by atoms with van der Waals surface area (Å²) in [5.74, 6) is 0. The van der Waals surface area contributed by atoms with Gasteiger partial charge in [-0.1, -0.05) is 0 Å². The van der Waals surface area contributed by atoms with E-state index in [1.165, 1.54) is 6.07 Å². The van der Waals surface area contributed by atoms with Gasteiger partial charge in [0.25, 0.3) is 0 Å². The van der Waals surface area contributed by atoms with E-state index in [-0.39, 0.29) is 22.7 Å². The fourth-order valence-electron chi connectivity index (χ4n) is 1.01. The lowest BCUT2D eigenvalue weighted by Crippen LogP contribution is -2.45. The minimum Gasteiger partial charge on any atom is -0.319 e. The molecule has 0 unspecified atom stereocenters. The standard InChI is InChI=1S/C6H6N4O4/c7-3-1-4(8)6(10(13)14)2-5(3)9(11)12/h1-2H,7-8H2/p+2. The molecule has 0 amide bonds. The van der Waals surface area contributed by atoms with Gasteiger partial charge in [-0.05, 0) is 0 Å². The molecule has 0 saturated carbocycles. The van der Waals surface area contributed by atoms with E-state index in [1.807, 2.05) is 0 Å². The van der Waals surface area contributed by atoms with E-state index < -0.39 is 9.85 Å². The number of nitro benzene ring substituents is 2. The van der Waals surface area contributed by atoms with Crippen molar-refractivity contribution in [1.29, 1.82) is 0 Å². The van der Waals surface area contributed by atoms with Crippen molar-refractivity contribution in [1.82, 2.24) is 0 Å². The van der Waals surface area contributed by atoms with Gasteiger partial charge in [0.1, 0.15) is 6.07 Å². The van der Waals surface area contributed by atoms with Crippen LogP contribution in [0.2, 0.25) is 0 Å². The molecule has 0 atom stereocenters. The molecule has 0 aliphatic carbocycles. The monoisotopic (exact) mass is 200 g/mol. The van der Waals surface area contributed by atoms with Crippen molar-refractivity contribution in [3.63, 3.8) is 0 Å². The minimum absolute atomic E-state index is 0.116. The van der Waals surface area contributed by atoms with Crippen molar-refractivity contribution in [2.45, 2.75) is 0 Å². The van der Waals surface area contributed by atoms with Crippen molar-refractivity contribution in [2.75, 3.05) is 0 Å². The van der Waals surface area contributed by atoms with Gasteiger partial charge in [0.05, 0.1) is 15.9 Å². The van der Waals surface area contributed by atoms with E-state index in [2.05, 4.69) is 11.5 Å². The number of hydrogen-bond acceptors (Lipinski definition) is 4. The molecule has 0 spiro atoms. The molecular formula is C6H8N4O4+2. The maximum Gasteiger partial charge on any atom is 0.336 e. The summed E-state index contributed by atoms with van der Waals surface area (Å²) in [4.78, 5) is 19.4. The molecule has 0 aliphatic heterocycles. The Morgan fingerprint density at radius 3 is 1.57 bits per heavy atom. The fraction of sp³-hybridized carbons (Fsp3) is 0. The highest BCUT2D eigenvalue weighted by Gasteiger charge is 2.25. The first kappa shape index (κ1) is 10.0. The van der Waals surface area contributed by atoms with Crippen LogP contribution in [0.15, 0.2) is 12.1 Å². The van der Waals surface area contributed by atoms with Crippen molar-refractivity contribution >= 4 is 22.7 Å². The van der Waals surface area contributed by atoms with Crippen LogP contribution in [-0.4, -0.2) is 9.85 Å². The number of benzene rings is 1. The summed E-state index contributed by atoms with van der Waals surface area (Å²) < 4.78 is 0. The summed E-state index contributed by atoms with van der Waals surface area (Å²) in [7, 11) is 0. The molecule has 0 saturated heterocycles. The second kappa shape index (κ2) is 3.36. The van der Waals surface area contributed by atoms with Crippen LogP contribution in [0.25, 0.3) is 0 Å². The van der Waals surface area contributed by atoms with Crippen molar-refractivity contribution < 1.29 is 21.3 Å². The summed E-state index contributed by atoms with van der Waals surface area (Å²) in [6, 6.07) is 2.08. The lowest BCUT2D eigenvalue weighted by molar-refractivity contribution is -0.406. The first-order chi connectivity index (χ1) is 6.43. The molecule has 0 fully saturated rings. The molecule has 0 aromatic heterocycles. The van der Waals surface area contributed by atoms with Gasteiger partial charge < -0.3 is 11.5 Å². The maximum atomic E-state index is 10.4. The third-order valence-corrected chi connectivity index (χ3v) is 1.67. The molecule has 1 aromatic rings. The fourth-order valence-corrected chi connectivity index (χ4v) is 1.01. The summed E-state index contributed by atoms with van der Waals surface area (Å²) in [5.41, 5.74) is 6.29. The van der Waals surface area contributed by atoms with Gasteiger partial charge in [-0.2, -0.15) is 0 Å². The zero-order valence-corrected chi connectivity index (χ0v) is 7.10. The highest BCUT2D eigenvalue weighted by atomic mass is 16.6. The molecule has 8 nitrogen and oxygen atoms in total. The Bertz CT molecular complexity index is 381. The van der Waals surface area contributed by atoms with Gasteiger partial charge in [-0.15, -0.1) is 0 Å². The van der Waals surface area contributed by atoms with Gasteiger partial charge in [-0.25, -0.2) is 0 Å². The van der Waals surface area contributed by atoms with Crippen LogP contribution in [0.3, 0.4) is 0 Å². The quantitative estimate of drug-likeness (QED) is 0.478. The molecule has 8 heteroatoms. The highest BCUT2D eigenvalue weighted by molar-refractivity contribution is 5.66.